The van der Waals surface area contributed by atoms with E-state index in [0.29, 0.717) is 5.82 Å². The minimum Gasteiger partial charge on any atom is -0.487 e. The Kier molecular flexibility index (Phi) is 4.00. The second-order valence-electron chi connectivity index (χ2n) is 7.16. The van der Waals surface area contributed by atoms with Gasteiger partial charge in [0.15, 0.2) is 0 Å². The topological polar surface area (TPSA) is 68.2 Å². The number of aromatic nitrogens is 2. The maximum atomic E-state index is 12.3. The van der Waals surface area contributed by atoms with E-state index in [0.717, 1.165) is 36.3 Å². The summed E-state index contributed by atoms with van der Waals surface area (Å²) < 4.78 is 7.94. The third-order valence-electron chi connectivity index (χ3n) is 5.24. The standard InChI is InChI=1S/C19H24N4O2/c1-13-10-17(23(2)22-13)21-18(24)12-20-15-11-19(8-5-9-19)25-16-7-4-3-6-14(15)16/h3-4,6-7,10,15,20H,5,8-9,11-12H2,1-2H3,(H,21,24). The molecule has 0 bridgehead atoms. The third-order valence-corrected chi connectivity index (χ3v) is 5.24. The Morgan fingerprint density at radius 2 is 2.20 bits per heavy atom. The fraction of sp³-hybridized carbons (Fsp3) is 0.474. The van der Waals surface area contributed by atoms with Crippen LogP contribution in [0.2, 0.25) is 0 Å². The molecule has 1 amide bonds. The summed E-state index contributed by atoms with van der Waals surface area (Å²) >= 11 is 0. The fourth-order valence-electron chi connectivity index (χ4n) is 3.81. The molecule has 2 N–H and O–H groups in total. The van der Waals surface area contributed by atoms with Crippen LogP contribution in [0.4, 0.5) is 5.82 Å². The van der Waals surface area contributed by atoms with E-state index >= 15 is 0 Å². The van der Waals surface area contributed by atoms with E-state index in [2.05, 4.69) is 21.8 Å². The third kappa shape index (κ3) is 3.14. The molecule has 1 saturated carbocycles. The molecule has 25 heavy (non-hydrogen) atoms. The van der Waals surface area contributed by atoms with Gasteiger partial charge in [0.25, 0.3) is 0 Å². The van der Waals surface area contributed by atoms with Gasteiger partial charge in [-0.2, -0.15) is 5.10 Å². The molecule has 0 saturated heterocycles. The van der Waals surface area contributed by atoms with Crippen LogP contribution < -0.4 is 15.4 Å². The zero-order valence-corrected chi connectivity index (χ0v) is 14.7. The molecule has 132 valence electrons. The van der Waals surface area contributed by atoms with Crippen LogP contribution in [0.1, 0.15) is 43.0 Å². The molecule has 6 heteroatoms. The van der Waals surface area contributed by atoms with Crippen molar-refractivity contribution < 1.29 is 9.53 Å². The Balaban J connectivity index is 1.43. The highest BCUT2D eigenvalue weighted by atomic mass is 16.5. The lowest BCUT2D eigenvalue weighted by atomic mass is 9.73. The number of carbonyl (C=O) groups is 1. The summed E-state index contributed by atoms with van der Waals surface area (Å²) in [6.07, 6.45) is 4.33. The molecule has 1 aromatic heterocycles. The zero-order valence-electron chi connectivity index (χ0n) is 14.7. The van der Waals surface area contributed by atoms with Crippen LogP contribution in [0.5, 0.6) is 5.75 Å². The monoisotopic (exact) mass is 340 g/mol. The summed E-state index contributed by atoms with van der Waals surface area (Å²) in [5, 5.41) is 10.6. The van der Waals surface area contributed by atoms with Gasteiger partial charge in [0.05, 0.1) is 12.2 Å². The molecule has 0 radical (unpaired) electrons. The summed E-state index contributed by atoms with van der Waals surface area (Å²) in [6.45, 7) is 2.17. The molecule has 1 unspecified atom stereocenters. The maximum absolute atomic E-state index is 12.3. The van der Waals surface area contributed by atoms with E-state index in [1.807, 2.05) is 38.2 Å². The molecule has 6 nitrogen and oxygen atoms in total. The van der Waals surface area contributed by atoms with Crippen LogP contribution in [0, 0.1) is 6.92 Å². The number of fused-ring (bicyclic) bond motifs is 1. The molecule has 2 aromatic rings. The van der Waals surface area contributed by atoms with Crippen molar-refractivity contribution in [2.75, 3.05) is 11.9 Å². The number of hydrogen-bond donors (Lipinski definition) is 2. The van der Waals surface area contributed by atoms with Crippen molar-refractivity contribution in [3.63, 3.8) is 0 Å². The van der Waals surface area contributed by atoms with E-state index in [1.165, 1.54) is 6.42 Å². The van der Waals surface area contributed by atoms with Crippen LogP contribution in [-0.2, 0) is 11.8 Å². The van der Waals surface area contributed by atoms with Crippen molar-refractivity contribution >= 4 is 11.7 Å². The molecule has 1 spiro atoms. The summed E-state index contributed by atoms with van der Waals surface area (Å²) in [5.74, 6) is 1.61. The number of hydrogen-bond acceptors (Lipinski definition) is 4. The normalized spacial score (nSPS) is 20.5. The van der Waals surface area contributed by atoms with E-state index in [1.54, 1.807) is 4.68 Å². The number of rotatable bonds is 4. The number of para-hydroxylation sites is 1. The molecule has 1 aliphatic carbocycles. The maximum Gasteiger partial charge on any atom is 0.239 e. The Morgan fingerprint density at radius 1 is 1.40 bits per heavy atom. The highest BCUT2D eigenvalue weighted by Gasteiger charge is 2.45. The Bertz CT molecular complexity index is 794. The molecule has 1 aromatic carbocycles. The van der Waals surface area contributed by atoms with E-state index < -0.39 is 0 Å². The number of anilines is 1. The number of ether oxygens (including phenoxy) is 1. The van der Waals surface area contributed by atoms with Crippen molar-refractivity contribution in [2.24, 2.45) is 7.05 Å². The lowest BCUT2D eigenvalue weighted by molar-refractivity contribution is -0.115. The molecular formula is C19H24N4O2. The fourth-order valence-corrected chi connectivity index (χ4v) is 3.81. The molecular weight excluding hydrogens is 316 g/mol. The van der Waals surface area contributed by atoms with Gasteiger partial charge in [0.1, 0.15) is 17.2 Å². The second kappa shape index (κ2) is 6.19. The lowest BCUT2D eigenvalue weighted by Gasteiger charge is -2.48. The average Bonchev–Trinajstić information content (AvgIpc) is 2.88. The SMILES string of the molecule is Cc1cc(NC(=O)CNC2CC3(CCC3)Oc3ccccc32)n(C)n1. The molecule has 1 atom stereocenters. The molecule has 2 aliphatic rings. The largest absolute Gasteiger partial charge is 0.487 e. The van der Waals surface area contributed by atoms with Crippen molar-refractivity contribution in [3.05, 3.63) is 41.6 Å². The van der Waals surface area contributed by atoms with Crippen molar-refractivity contribution in [1.82, 2.24) is 15.1 Å². The van der Waals surface area contributed by atoms with Crippen molar-refractivity contribution in [2.45, 2.75) is 44.2 Å². The van der Waals surface area contributed by atoms with Crippen LogP contribution >= 0.6 is 0 Å². The Hall–Kier alpha value is -2.34. The lowest BCUT2D eigenvalue weighted by Crippen LogP contribution is -2.49. The van der Waals surface area contributed by atoms with E-state index in [-0.39, 0.29) is 24.1 Å². The van der Waals surface area contributed by atoms with Crippen molar-refractivity contribution in [1.29, 1.82) is 0 Å². The predicted octanol–water partition coefficient (Wildman–Crippen LogP) is 2.70. The number of aryl methyl sites for hydroxylation is 2. The minimum absolute atomic E-state index is 0.0400. The van der Waals surface area contributed by atoms with Crippen LogP contribution in [0.25, 0.3) is 0 Å². The first kappa shape index (κ1) is 16.1. The summed E-state index contributed by atoms with van der Waals surface area (Å²) in [7, 11) is 1.82. The summed E-state index contributed by atoms with van der Waals surface area (Å²) in [6, 6.07) is 10.1. The van der Waals surface area contributed by atoms with Gasteiger partial charge in [-0.15, -0.1) is 0 Å². The number of benzene rings is 1. The molecule has 4 rings (SSSR count). The van der Waals surface area contributed by atoms with Crippen LogP contribution in [0.15, 0.2) is 30.3 Å². The molecule has 1 aliphatic heterocycles. The zero-order chi connectivity index (χ0) is 17.4. The summed E-state index contributed by atoms with van der Waals surface area (Å²) in [5.41, 5.74) is 1.99. The van der Waals surface area contributed by atoms with Gasteiger partial charge in [-0.1, -0.05) is 18.2 Å². The Morgan fingerprint density at radius 3 is 2.88 bits per heavy atom. The van der Waals surface area contributed by atoms with E-state index in [9.17, 15) is 4.79 Å². The summed E-state index contributed by atoms with van der Waals surface area (Å²) in [4.78, 5) is 12.3. The van der Waals surface area contributed by atoms with Crippen molar-refractivity contribution in [3.8, 4) is 5.75 Å². The second-order valence-corrected chi connectivity index (χ2v) is 7.16. The van der Waals surface area contributed by atoms with Gasteiger partial charge in [-0.25, -0.2) is 0 Å². The Labute approximate surface area is 147 Å². The minimum atomic E-state index is -0.0605. The molecule has 2 heterocycles. The van der Waals surface area contributed by atoms with Gasteiger partial charge < -0.3 is 15.4 Å². The number of nitrogens with one attached hydrogen (secondary N) is 2. The number of carbonyl (C=O) groups excluding carboxylic acids is 1. The highest BCUT2D eigenvalue weighted by Crippen LogP contribution is 2.48. The first-order valence-electron chi connectivity index (χ1n) is 8.86. The number of nitrogens with zero attached hydrogens (tertiary/aromatic N) is 2. The quantitative estimate of drug-likeness (QED) is 0.898. The van der Waals surface area contributed by atoms with Gasteiger partial charge in [-0.3, -0.25) is 9.48 Å². The first-order valence-corrected chi connectivity index (χ1v) is 8.86. The average molecular weight is 340 g/mol. The predicted molar refractivity (Wildman–Crippen MR) is 95.6 cm³/mol. The van der Waals surface area contributed by atoms with Crippen LogP contribution in [0.3, 0.4) is 0 Å². The first-order chi connectivity index (χ1) is 12.0. The van der Waals surface area contributed by atoms with E-state index in [4.69, 9.17) is 4.74 Å². The van der Waals surface area contributed by atoms with Gasteiger partial charge >= 0.3 is 0 Å². The van der Waals surface area contributed by atoms with Gasteiger partial charge in [0.2, 0.25) is 5.91 Å². The van der Waals surface area contributed by atoms with Crippen LogP contribution in [-0.4, -0.2) is 27.8 Å². The van der Waals surface area contributed by atoms with Gasteiger partial charge in [-0.05, 0) is 32.3 Å². The van der Waals surface area contributed by atoms with Gasteiger partial charge in [0, 0.05) is 31.1 Å². The smallest absolute Gasteiger partial charge is 0.239 e. The number of amides is 1. The highest BCUT2D eigenvalue weighted by molar-refractivity contribution is 5.91. The molecule has 1 fully saturated rings.